The van der Waals surface area contributed by atoms with Crippen LogP contribution in [0.5, 0.6) is 0 Å². The molecule has 3 aromatic rings. The van der Waals surface area contributed by atoms with Crippen LogP contribution in [-0.2, 0) is 4.74 Å². The van der Waals surface area contributed by atoms with E-state index < -0.39 is 0 Å². The Balaban J connectivity index is 1.86. The third kappa shape index (κ3) is 4.01. The highest BCUT2D eigenvalue weighted by Gasteiger charge is 2.05. The van der Waals surface area contributed by atoms with Gasteiger partial charge in [-0.15, -0.1) is 12.6 Å². The zero-order valence-corrected chi connectivity index (χ0v) is 14.7. The standard InChI is InChI=1S/C22H18O2S/c1-24-22(23)19-14-11-16(12-15-19)10-13-18-8-5-9-20(21(18)25)17-6-3-2-4-7-17/h2-15,25H,1H3. The van der Waals surface area contributed by atoms with E-state index in [4.69, 9.17) is 17.4 Å². The number of methoxy groups -OCH3 is 1. The van der Waals surface area contributed by atoms with Gasteiger partial charge in [0.25, 0.3) is 0 Å². The van der Waals surface area contributed by atoms with Crippen molar-refractivity contribution in [3.05, 3.63) is 89.5 Å². The number of benzene rings is 3. The largest absolute Gasteiger partial charge is 0.465 e. The summed E-state index contributed by atoms with van der Waals surface area (Å²) < 4.78 is 4.71. The Bertz CT molecular complexity index is 897. The fourth-order valence-electron chi connectivity index (χ4n) is 2.58. The molecule has 0 aromatic heterocycles. The molecule has 2 nitrogen and oxygen atoms in total. The molecule has 0 radical (unpaired) electrons. The average molecular weight is 346 g/mol. The Kier molecular flexibility index (Phi) is 5.36. The molecule has 124 valence electrons. The number of carbonyl (C=O) groups excluding carboxylic acids is 1. The topological polar surface area (TPSA) is 26.3 Å². The Labute approximate surface area is 153 Å². The van der Waals surface area contributed by atoms with Gasteiger partial charge >= 0.3 is 5.97 Å². The summed E-state index contributed by atoms with van der Waals surface area (Å²) in [5.74, 6) is -0.330. The number of ether oxygens (including phenoxy) is 1. The number of hydrogen-bond donors (Lipinski definition) is 1. The molecule has 0 aliphatic carbocycles. The summed E-state index contributed by atoms with van der Waals surface area (Å²) in [5, 5.41) is 0. The molecule has 25 heavy (non-hydrogen) atoms. The summed E-state index contributed by atoms with van der Waals surface area (Å²) in [4.78, 5) is 12.4. The molecule has 0 atom stereocenters. The van der Waals surface area contributed by atoms with Crippen molar-refractivity contribution >= 4 is 30.8 Å². The van der Waals surface area contributed by atoms with Crippen molar-refractivity contribution in [2.75, 3.05) is 7.11 Å². The average Bonchev–Trinajstić information content (AvgIpc) is 2.67. The van der Waals surface area contributed by atoms with Crippen LogP contribution in [-0.4, -0.2) is 13.1 Å². The summed E-state index contributed by atoms with van der Waals surface area (Å²) in [7, 11) is 1.38. The molecule has 0 saturated carbocycles. The third-order valence-corrected chi connectivity index (χ3v) is 4.44. The molecule has 0 spiro atoms. The quantitative estimate of drug-likeness (QED) is 0.378. The van der Waals surface area contributed by atoms with E-state index in [1.807, 2.05) is 54.6 Å². The van der Waals surface area contributed by atoms with Crippen LogP contribution < -0.4 is 0 Å². The number of carbonyl (C=O) groups is 1. The minimum atomic E-state index is -0.330. The maximum atomic E-state index is 11.5. The van der Waals surface area contributed by atoms with Gasteiger partial charge in [0.1, 0.15) is 0 Å². The molecule has 0 aliphatic rings. The first-order valence-electron chi connectivity index (χ1n) is 7.93. The van der Waals surface area contributed by atoms with Crippen molar-refractivity contribution in [1.82, 2.24) is 0 Å². The van der Waals surface area contributed by atoms with Gasteiger partial charge in [0.05, 0.1) is 12.7 Å². The van der Waals surface area contributed by atoms with Gasteiger partial charge in [-0.3, -0.25) is 0 Å². The summed E-state index contributed by atoms with van der Waals surface area (Å²) in [6.45, 7) is 0. The van der Waals surface area contributed by atoms with E-state index >= 15 is 0 Å². The fraction of sp³-hybridized carbons (Fsp3) is 0.0455. The molecule has 0 bridgehead atoms. The van der Waals surface area contributed by atoms with Gasteiger partial charge in [-0.25, -0.2) is 4.79 Å². The van der Waals surface area contributed by atoms with Crippen molar-refractivity contribution in [3.63, 3.8) is 0 Å². The van der Waals surface area contributed by atoms with Crippen LogP contribution in [0.4, 0.5) is 0 Å². The highest BCUT2D eigenvalue weighted by atomic mass is 32.1. The van der Waals surface area contributed by atoms with Gasteiger partial charge in [-0.2, -0.15) is 0 Å². The summed E-state index contributed by atoms with van der Waals surface area (Å²) in [6.07, 6.45) is 4.03. The zero-order valence-electron chi connectivity index (χ0n) is 13.8. The second-order valence-electron chi connectivity index (χ2n) is 5.56. The number of hydrogen-bond acceptors (Lipinski definition) is 3. The number of esters is 1. The predicted octanol–water partition coefficient (Wildman–Crippen LogP) is 5.60. The second kappa shape index (κ2) is 7.86. The van der Waals surface area contributed by atoms with Gasteiger partial charge in [0, 0.05) is 4.90 Å². The molecular weight excluding hydrogens is 328 g/mol. The Morgan fingerprint density at radius 1 is 0.880 bits per heavy atom. The van der Waals surface area contributed by atoms with E-state index in [-0.39, 0.29) is 5.97 Å². The summed E-state index contributed by atoms with van der Waals surface area (Å²) in [5.41, 5.74) is 4.84. The molecule has 0 aliphatic heterocycles. The summed E-state index contributed by atoms with van der Waals surface area (Å²) >= 11 is 4.71. The summed E-state index contributed by atoms with van der Waals surface area (Å²) in [6, 6.07) is 23.6. The minimum Gasteiger partial charge on any atom is -0.465 e. The lowest BCUT2D eigenvalue weighted by Gasteiger charge is -2.08. The van der Waals surface area contributed by atoms with Crippen LogP contribution >= 0.6 is 12.6 Å². The van der Waals surface area contributed by atoms with Crippen LogP contribution in [0.25, 0.3) is 23.3 Å². The SMILES string of the molecule is COC(=O)c1ccc(C=Cc2cccc(-c3ccccc3)c2S)cc1. The highest BCUT2D eigenvalue weighted by Crippen LogP contribution is 2.30. The van der Waals surface area contributed by atoms with Gasteiger partial charge in [0.15, 0.2) is 0 Å². The molecule has 0 amide bonds. The first-order valence-corrected chi connectivity index (χ1v) is 8.37. The maximum Gasteiger partial charge on any atom is 0.337 e. The molecule has 0 unspecified atom stereocenters. The van der Waals surface area contributed by atoms with Crippen LogP contribution in [0.15, 0.2) is 77.7 Å². The van der Waals surface area contributed by atoms with E-state index in [0.29, 0.717) is 5.56 Å². The van der Waals surface area contributed by atoms with E-state index in [9.17, 15) is 4.79 Å². The van der Waals surface area contributed by atoms with E-state index in [1.165, 1.54) is 7.11 Å². The van der Waals surface area contributed by atoms with Crippen LogP contribution in [0.3, 0.4) is 0 Å². The Hall–Kier alpha value is -2.78. The Morgan fingerprint density at radius 2 is 1.60 bits per heavy atom. The molecule has 3 rings (SSSR count). The third-order valence-electron chi connectivity index (χ3n) is 3.94. The van der Waals surface area contributed by atoms with Crippen molar-refractivity contribution in [3.8, 4) is 11.1 Å². The highest BCUT2D eigenvalue weighted by molar-refractivity contribution is 7.80. The maximum absolute atomic E-state index is 11.5. The first kappa shape index (κ1) is 17.1. The van der Waals surface area contributed by atoms with E-state index in [1.54, 1.807) is 12.1 Å². The lowest BCUT2D eigenvalue weighted by atomic mass is 10.0. The van der Waals surface area contributed by atoms with Gasteiger partial charge in [-0.1, -0.05) is 72.8 Å². The first-order chi connectivity index (χ1) is 12.2. The van der Waals surface area contributed by atoms with Crippen LogP contribution in [0, 0.1) is 0 Å². The lowest BCUT2D eigenvalue weighted by Crippen LogP contribution is -2.00. The van der Waals surface area contributed by atoms with Crippen LogP contribution in [0.2, 0.25) is 0 Å². The molecule has 0 heterocycles. The van der Waals surface area contributed by atoms with Crippen LogP contribution in [0.1, 0.15) is 21.5 Å². The van der Waals surface area contributed by atoms with E-state index in [2.05, 4.69) is 18.2 Å². The molecule has 0 N–H and O–H groups in total. The van der Waals surface area contributed by atoms with Crippen molar-refractivity contribution in [2.24, 2.45) is 0 Å². The molecule has 3 aromatic carbocycles. The molecule has 0 fully saturated rings. The smallest absolute Gasteiger partial charge is 0.337 e. The molecular formula is C22H18O2S. The molecule has 3 heteroatoms. The fourth-order valence-corrected chi connectivity index (χ4v) is 2.93. The van der Waals surface area contributed by atoms with E-state index in [0.717, 1.165) is 27.1 Å². The van der Waals surface area contributed by atoms with Gasteiger partial charge in [-0.05, 0) is 34.4 Å². The second-order valence-corrected chi connectivity index (χ2v) is 6.00. The van der Waals surface area contributed by atoms with Crippen molar-refractivity contribution < 1.29 is 9.53 Å². The van der Waals surface area contributed by atoms with Crippen molar-refractivity contribution in [1.29, 1.82) is 0 Å². The monoisotopic (exact) mass is 346 g/mol. The lowest BCUT2D eigenvalue weighted by molar-refractivity contribution is 0.0600. The minimum absolute atomic E-state index is 0.330. The van der Waals surface area contributed by atoms with Gasteiger partial charge in [0.2, 0.25) is 0 Å². The Morgan fingerprint density at radius 3 is 2.28 bits per heavy atom. The zero-order chi connectivity index (χ0) is 17.6. The number of rotatable bonds is 4. The molecule has 0 saturated heterocycles. The predicted molar refractivity (Wildman–Crippen MR) is 106 cm³/mol. The van der Waals surface area contributed by atoms with Gasteiger partial charge < -0.3 is 4.74 Å². The normalized spacial score (nSPS) is 10.8. The van der Waals surface area contributed by atoms with Crippen molar-refractivity contribution in [2.45, 2.75) is 4.90 Å². The number of thiol groups is 1.